The predicted octanol–water partition coefficient (Wildman–Crippen LogP) is 2.69. The number of fused-ring (bicyclic) bond motifs is 2. The summed E-state index contributed by atoms with van der Waals surface area (Å²) in [5, 5.41) is 1.19. The number of nitrogens with two attached hydrogens (primary N) is 1. The van der Waals surface area contributed by atoms with Gasteiger partial charge in [0.25, 0.3) is 0 Å². The van der Waals surface area contributed by atoms with Crippen molar-refractivity contribution in [1.29, 1.82) is 0 Å². The fourth-order valence-corrected chi connectivity index (χ4v) is 4.04. The van der Waals surface area contributed by atoms with E-state index in [0.717, 1.165) is 18.7 Å². The van der Waals surface area contributed by atoms with E-state index in [1.807, 2.05) is 18.4 Å². The minimum atomic E-state index is 0.225. The molecule has 3 atom stereocenters. The lowest BCUT2D eigenvalue weighted by Crippen LogP contribution is -2.51. The van der Waals surface area contributed by atoms with E-state index in [9.17, 15) is 0 Å². The normalized spacial score (nSPS) is 27.9. The van der Waals surface area contributed by atoms with Crippen LogP contribution in [-0.2, 0) is 4.74 Å². The quantitative estimate of drug-likeness (QED) is 0.942. The lowest BCUT2D eigenvalue weighted by molar-refractivity contribution is -0.0710. The molecular formula is C17H22N2O2. The zero-order valence-corrected chi connectivity index (χ0v) is 12.2. The molecule has 3 unspecified atom stereocenters. The van der Waals surface area contributed by atoms with Gasteiger partial charge in [-0.25, -0.2) is 0 Å². The summed E-state index contributed by atoms with van der Waals surface area (Å²) in [6.07, 6.45) is 5.95. The van der Waals surface area contributed by atoms with Gasteiger partial charge in [0.2, 0.25) is 0 Å². The van der Waals surface area contributed by atoms with Crippen LogP contribution in [0.15, 0.2) is 34.9 Å². The molecular weight excluding hydrogens is 264 g/mol. The highest BCUT2D eigenvalue weighted by Gasteiger charge is 2.39. The Labute approximate surface area is 124 Å². The molecule has 4 nitrogen and oxygen atoms in total. The van der Waals surface area contributed by atoms with Crippen molar-refractivity contribution in [3.05, 3.63) is 36.1 Å². The maximum Gasteiger partial charge on any atom is 0.134 e. The molecule has 4 rings (SSSR count). The number of furan rings is 1. The summed E-state index contributed by atoms with van der Waals surface area (Å²) in [5.74, 6) is 0. The Hall–Kier alpha value is -1.36. The smallest absolute Gasteiger partial charge is 0.134 e. The highest BCUT2D eigenvalue weighted by Crippen LogP contribution is 2.37. The topological polar surface area (TPSA) is 51.6 Å². The van der Waals surface area contributed by atoms with Gasteiger partial charge in [0, 0.05) is 30.1 Å². The molecule has 2 fully saturated rings. The zero-order valence-electron chi connectivity index (χ0n) is 12.2. The van der Waals surface area contributed by atoms with Gasteiger partial charge in [-0.2, -0.15) is 0 Å². The van der Waals surface area contributed by atoms with Crippen LogP contribution in [0.5, 0.6) is 0 Å². The molecule has 1 saturated carbocycles. The number of para-hydroxylation sites is 1. The van der Waals surface area contributed by atoms with Crippen molar-refractivity contribution in [3.63, 3.8) is 0 Å². The van der Waals surface area contributed by atoms with Crippen LogP contribution in [0.4, 0.5) is 0 Å². The highest BCUT2D eigenvalue weighted by molar-refractivity contribution is 5.81. The fourth-order valence-electron chi connectivity index (χ4n) is 4.04. The van der Waals surface area contributed by atoms with E-state index in [4.69, 9.17) is 14.9 Å². The van der Waals surface area contributed by atoms with Crippen LogP contribution in [-0.4, -0.2) is 36.7 Å². The number of rotatable bonds is 3. The summed E-state index contributed by atoms with van der Waals surface area (Å²) in [4.78, 5) is 2.55. The van der Waals surface area contributed by atoms with E-state index in [-0.39, 0.29) is 6.04 Å². The second kappa shape index (κ2) is 5.44. The van der Waals surface area contributed by atoms with Crippen molar-refractivity contribution in [3.8, 4) is 0 Å². The SMILES string of the molecule is NCC(c1coc2ccccc12)N1CCOC2CCCC21. The third-order valence-corrected chi connectivity index (χ3v) is 5.02. The Morgan fingerprint density at radius 1 is 1.29 bits per heavy atom. The third-order valence-electron chi connectivity index (χ3n) is 5.02. The van der Waals surface area contributed by atoms with E-state index in [1.54, 1.807) is 0 Å². The number of benzene rings is 1. The first-order valence-corrected chi connectivity index (χ1v) is 7.92. The number of nitrogens with zero attached hydrogens (tertiary/aromatic N) is 1. The Kier molecular flexibility index (Phi) is 3.45. The molecule has 21 heavy (non-hydrogen) atoms. The van der Waals surface area contributed by atoms with E-state index < -0.39 is 0 Å². The van der Waals surface area contributed by atoms with Gasteiger partial charge in [0.1, 0.15) is 5.58 Å². The molecule has 1 saturated heterocycles. The summed E-state index contributed by atoms with van der Waals surface area (Å²) in [6, 6.07) is 8.96. The molecule has 2 aromatic rings. The second-order valence-corrected chi connectivity index (χ2v) is 6.08. The van der Waals surface area contributed by atoms with Crippen molar-refractivity contribution in [2.75, 3.05) is 19.7 Å². The number of morpholine rings is 1. The molecule has 1 aliphatic heterocycles. The monoisotopic (exact) mass is 286 g/mol. The summed E-state index contributed by atoms with van der Waals surface area (Å²) in [5.41, 5.74) is 8.31. The summed E-state index contributed by atoms with van der Waals surface area (Å²) in [7, 11) is 0. The van der Waals surface area contributed by atoms with E-state index in [0.29, 0.717) is 18.7 Å². The lowest BCUT2D eigenvalue weighted by atomic mass is 10.00. The standard InChI is InChI=1S/C17H22N2O2/c18-10-15(13-11-21-16-6-2-1-4-12(13)16)19-8-9-20-17-7-3-5-14(17)19/h1-2,4,6,11,14-15,17H,3,5,7-10,18H2. The van der Waals surface area contributed by atoms with Crippen molar-refractivity contribution >= 4 is 11.0 Å². The molecule has 1 aromatic heterocycles. The molecule has 2 heterocycles. The van der Waals surface area contributed by atoms with Gasteiger partial charge in [-0.3, -0.25) is 4.90 Å². The van der Waals surface area contributed by atoms with Crippen LogP contribution in [0.25, 0.3) is 11.0 Å². The van der Waals surface area contributed by atoms with E-state index >= 15 is 0 Å². The largest absolute Gasteiger partial charge is 0.464 e. The third kappa shape index (κ3) is 2.18. The average Bonchev–Trinajstić information content (AvgIpc) is 3.15. The van der Waals surface area contributed by atoms with Crippen LogP contribution >= 0.6 is 0 Å². The molecule has 0 radical (unpaired) electrons. The van der Waals surface area contributed by atoms with Gasteiger partial charge < -0.3 is 14.9 Å². The first kappa shape index (κ1) is 13.3. The lowest BCUT2D eigenvalue weighted by Gasteiger charge is -2.42. The van der Waals surface area contributed by atoms with Gasteiger partial charge in [0.05, 0.1) is 25.0 Å². The summed E-state index contributed by atoms with van der Waals surface area (Å²) in [6.45, 7) is 2.39. The second-order valence-electron chi connectivity index (χ2n) is 6.08. The Morgan fingerprint density at radius 3 is 3.10 bits per heavy atom. The van der Waals surface area contributed by atoms with Crippen molar-refractivity contribution in [1.82, 2.24) is 4.90 Å². The Balaban J connectivity index is 1.70. The first-order valence-electron chi connectivity index (χ1n) is 7.92. The van der Waals surface area contributed by atoms with Crippen LogP contribution in [0.1, 0.15) is 30.9 Å². The van der Waals surface area contributed by atoms with Crippen molar-refractivity contribution in [2.45, 2.75) is 37.5 Å². The molecule has 0 bridgehead atoms. The minimum absolute atomic E-state index is 0.225. The first-order chi connectivity index (χ1) is 10.4. The zero-order chi connectivity index (χ0) is 14.2. The predicted molar refractivity (Wildman–Crippen MR) is 82.1 cm³/mol. The minimum Gasteiger partial charge on any atom is -0.464 e. The van der Waals surface area contributed by atoms with Gasteiger partial charge in [-0.1, -0.05) is 18.2 Å². The number of ether oxygens (including phenoxy) is 1. The molecule has 0 spiro atoms. The van der Waals surface area contributed by atoms with Crippen LogP contribution in [0, 0.1) is 0 Å². The van der Waals surface area contributed by atoms with E-state index in [1.165, 1.54) is 30.2 Å². The van der Waals surface area contributed by atoms with Crippen LogP contribution < -0.4 is 5.73 Å². The number of hydrogen-bond acceptors (Lipinski definition) is 4. The molecule has 112 valence electrons. The maximum absolute atomic E-state index is 6.14. The molecule has 4 heteroatoms. The van der Waals surface area contributed by atoms with E-state index in [2.05, 4.69) is 17.0 Å². The molecule has 1 aromatic carbocycles. The Morgan fingerprint density at radius 2 is 2.19 bits per heavy atom. The fraction of sp³-hybridized carbons (Fsp3) is 0.529. The summed E-state index contributed by atoms with van der Waals surface area (Å²) < 4.78 is 11.6. The summed E-state index contributed by atoms with van der Waals surface area (Å²) >= 11 is 0. The van der Waals surface area contributed by atoms with Gasteiger partial charge in [0.15, 0.2) is 0 Å². The molecule has 1 aliphatic carbocycles. The average molecular weight is 286 g/mol. The maximum atomic E-state index is 6.14. The number of hydrogen-bond donors (Lipinski definition) is 1. The van der Waals surface area contributed by atoms with Gasteiger partial charge in [-0.15, -0.1) is 0 Å². The van der Waals surface area contributed by atoms with Crippen molar-refractivity contribution in [2.24, 2.45) is 5.73 Å². The van der Waals surface area contributed by atoms with Crippen molar-refractivity contribution < 1.29 is 9.15 Å². The Bertz CT molecular complexity index is 624. The van der Waals surface area contributed by atoms with Crippen LogP contribution in [0.3, 0.4) is 0 Å². The molecule has 2 N–H and O–H groups in total. The van der Waals surface area contributed by atoms with Gasteiger partial charge >= 0.3 is 0 Å². The molecule has 0 amide bonds. The molecule has 2 aliphatic rings. The van der Waals surface area contributed by atoms with Crippen LogP contribution in [0.2, 0.25) is 0 Å². The van der Waals surface area contributed by atoms with Gasteiger partial charge in [-0.05, 0) is 25.3 Å². The highest BCUT2D eigenvalue weighted by atomic mass is 16.5.